The molecule has 5 aromatic rings. The number of halogens is 1. The Morgan fingerprint density at radius 2 is 1.65 bits per heavy atom. The van der Waals surface area contributed by atoms with Crippen LogP contribution in [0.15, 0.2) is 72.6 Å². The molecule has 0 radical (unpaired) electrons. The summed E-state index contributed by atoms with van der Waals surface area (Å²) in [5, 5.41) is 15.5. The zero-order chi connectivity index (χ0) is 52.6. The van der Waals surface area contributed by atoms with E-state index in [1.807, 2.05) is 98.9 Å². The van der Waals surface area contributed by atoms with Crippen LogP contribution < -0.4 is 16.0 Å². The number of carbonyl (C=O) groups excluding carboxylic acids is 5. The molecule has 0 aliphatic carbocycles. The summed E-state index contributed by atoms with van der Waals surface area (Å²) in [4.78, 5) is 93.6. The number of aliphatic hydroxyl groups is 1. The molecular formula is C55H71ClN10O7S. The Morgan fingerprint density at radius 3 is 2.34 bits per heavy atom. The third kappa shape index (κ3) is 13.6. The van der Waals surface area contributed by atoms with Crippen molar-refractivity contribution in [1.82, 2.24) is 40.0 Å². The number of fused-ring (bicyclic) bond motifs is 1. The number of H-pyrrole nitrogens is 1. The first-order valence-corrected chi connectivity index (χ1v) is 27.2. The second-order valence-electron chi connectivity index (χ2n) is 21.3. The molecule has 2 aromatic carbocycles. The maximum absolute atomic E-state index is 14.2. The molecule has 3 fully saturated rings. The Kier molecular flexibility index (Phi) is 18.0. The second kappa shape index (κ2) is 24.4. The van der Waals surface area contributed by atoms with Gasteiger partial charge in [0.1, 0.15) is 23.6 Å². The zero-order valence-electron chi connectivity index (χ0n) is 43.1. The molecule has 8 rings (SSSR count). The summed E-state index contributed by atoms with van der Waals surface area (Å²) >= 11 is 7.84. The Hall–Kier alpha value is -5.63. The fourth-order valence-electron chi connectivity index (χ4n) is 10.4. The van der Waals surface area contributed by atoms with Gasteiger partial charge in [0.15, 0.2) is 5.78 Å². The van der Waals surface area contributed by atoms with Gasteiger partial charge in [-0.1, -0.05) is 68.8 Å². The summed E-state index contributed by atoms with van der Waals surface area (Å²) in [5.74, 6) is -0.609. The minimum absolute atomic E-state index is 0.0168. The van der Waals surface area contributed by atoms with Crippen LogP contribution in [0.4, 0.5) is 5.82 Å². The molecule has 74 heavy (non-hydrogen) atoms. The van der Waals surface area contributed by atoms with Crippen LogP contribution in [0.2, 0.25) is 5.02 Å². The largest absolute Gasteiger partial charge is 0.391 e. The quantitative estimate of drug-likeness (QED) is 0.0593. The highest BCUT2D eigenvalue weighted by Crippen LogP contribution is 2.35. The van der Waals surface area contributed by atoms with Crippen molar-refractivity contribution in [2.75, 3.05) is 70.5 Å². The lowest BCUT2D eigenvalue weighted by atomic mass is 9.76. The Labute approximate surface area is 442 Å². The number of rotatable bonds is 21. The van der Waals surface area contributed by atoms with Gasteiger partial charge in [0.25, 0.3) is 0 Å². The average molecular weight is 1050 g/mol. The monoisotopic (exact) mass is 1050 g/mol. The lowest BCUT2D eigenvalue weighted by molar-refractivity contribution is -0.146. The normalized spacial score (nSPS) is 19.1. The summed E-state index contributed by atoms with van der Waals surface area (Å²) in [6.07, 6.45) is 5.30. The summed E-state index contributed by atoms with van der Waals surface area (Å²) in [6, 6.07) is 16.5. The molecule has 3 aliphatic rings. The van der Waals surface area contributed by atoms with E-state index >= 15 is 0 Å². The van der Waals surface area contributed by atoms with E-state index < -0.39 is 29.0 Å². The van der Waals surface area contributed by atoms with Gasteiger partial charge in [0.2, 0.25) is 17.7 Å². The molecule has 396 valence electrons. The topological polar surface area (TPSA) is 220 Å². The number of nitrogens with one attached hydrogen (secondary N) is 2. The van der Waals surface area contributed by atoms with Crippen LogP contribution in [0.5, 0.6) is 0 Å². The van der Waals surface area contributed by atoms with Gasteiger partial charge in [-0.15, -0.1) is 11.3 Å². The second-order valence-corrected chi connectivity index (χ2v) is 22.6. The van der Waals surface area contributed by atoms with Crippen molar-refractivity contribution in [1.29, 1.82) is 0 Å². The number of hydrogen-bond donors (Lipinski definition) is 4. The van der Waals surface area contributed by atoms with E-state index in [1.165, 1.54) is 4.90 Å². The van der Waals surface area contributed by atoms with Gasteiger partial charge < -0.3 is 40.6 Å². The van der Waals surface area contributed by atoms with E-state index in [-0.39, 0.29) is 87.2 Å². The number of nitrogens with zero attached hydrogens (tertiary/aromatic N) is 7. The molecule has 3 aliphatic heterocycles. The van der Waals surface area contributed by atoms with Crippen molar-refractivity contribution in [3.05, 3.63) is 94.5 Å². The Balaban J connectivity index is 0.742. The number of aryl methyl sites for hydroxylation is 2. The predicted octanol–water partition coefficient (Wildman–Crippen LogP) is 6.31. The van der Waals surface area contributed by atoms with Gasteiger partial charge in [-0.05, 0) is 72.9 Å². The minimum atomic E-state index is -1.04. The van der Waals surface area contributed by atoms with Crippen LogP contribution in [0.1, 0.15) is 95.0 Å². The highest BCUT2D eigenvalue weighted by atomic mass is 35.5. The molecule has 4 atom stereocenters. The molecule has 0 unspecified atom stereocenters. The first-order valence-electron chi connectivity index (χ1n) is 25.9. The van der Waals surface area contributed by atoms with Gasteiger partial charge in [-0.2, -0.15) is 0 Å². The van der Waals surface area contributed by atoms with Crippen LogP contribution in [-0.4, -0.2) is 152 Å². The van der Waals surface area contributed by atoms with E-state index in [0.29, 0.717) is 76.5 Å². The lowest BCUT2D eigenvalue weighted by Gasteiger charge is -2.39. The van der Waals surface area contributed by atoms with Crippen molar-refractivity contribution < 1.29 is 33.8 Å². The number of Topliss-reactive ketones (excluding diaryl/α,β-unsaturated/α-hetero) is 2. The third-order valence-electron chi connectivity index (χ3n) is 15.1. The number of thiazole rings is 1. The van der Waals surface area contributed by atoms with Crippen molar-refractivity contribution in [2.45, 2.75) is 109 Å². The molecule has 0 spiro atoms. The molecule has 3 aromatic heterocycles. The minimum Gasteiger partial charge on any atom is -0.391 e. The van der Waals surface area contributed by atoms with Gasteiger partial charge >= 0.3 is 0 Å². The van der Waals surface area contributed by atoms with Gasteiger partial charge in [0, 0.05) is 95.2 Å². The summed E-state index contributed by atoms with van der Waals surface area (Å²) in [7, 11) is 0. The van der Waals surface area contributed by atoms with Crippen molar-refractivity contribution in [2.24, 2.45) is 17.1 Å². The van der Waals surface area contributed by atoms with E-state index in [1.54, 1.807) is 17.7 Å². The van der Waals surface area contributed by atoms with E-state index in [2.05, 4.69) is 35.1 Å². The number of aromatic nitrogens is 4. The SMILES string of the molecule is Cc1ncsc1-c1ccc(CCC(=O)[C@@H]2C[C@@H](O)CN2C(=O)[C@@H](CC(=O)CCOCCC(=O)N2CCN(CC[C@H](NC(=O)C3(N)CCN(c4ncnc5[nH]ccc45)CC3)c3ccc(Cl)cc3)CC2)C(C)(C)C)cc1. The smallest absolute Gasteiger partial charge is 0.240 e. The molecule has 0 bridgehead atoms. The van der Waals surface area contributed by atoms with Gasteiger partial charge in [-0.25, -0.2) is 15.0 Å². The molecule has 0 saturated carbocycles. The van der Waals surface area contributed by atoms with Gasteiger partial charge in [0.05, 0.1) is 64.8 Å². The Morgan fingerprint density at radius 1 is 0.932 bits per heavy atom. The van der Waals surface area contributed by atoms with Crippen LogP contribution in [0, 0.1) is 18.3 Å². The van der Waals surface area contributed by atoms with Crippen LogP contribution in [-0.2, 0) is 35.1 Å². The lowest BCUT2D eigenvalue weighted by Crippen LogP contribution is -2.60. The predicted molar refractivity (Wildman–Crippen MR) is 287 cm³/mol. The molecule has 5 N–H and O–H groups in total. The van der Waals surface area contributed by atoms with Crippen LogP contribution in [0.3, 0.4) is 0 Å². The number of amides is 3. The number of β-amino-alcohol motifs (C(OH)–C–C–N with tert-alkyl or cyclic N) is 1. The van der Waals surface area contributed by atoms with Crippen LogP contribution >= 0.6 is 22.9 Å². The number of piperazine rings is 1. The maximum Gasteiger partial charge on any atom is 0.240 e. The first-order chi connectivity index (χ1) is 35.5. The molecule has 3 saturated heterocycles. The van der Waals surface area contributed by atoms with Crippen molar-refractivity contribution in [3.63, 3.8) is 0 Å². The zero-order valence-corrected chi connectivity index (χ0v) is 44.6. The summed E-state index contributed by atoms with van der Waals surface area (Å²) in [6.45, 7) is 12.4. The number of likely N-dealkylation sites (tertiary alicyclic amines) is 1. The average Bonchev–Trinajstić information content (AvgIpc) is 4.16. The first kappa shape index (κ1) is 54.6. The fraction of sp³-hybridized carbons (Fsp3) is 0.527. The number of benzene rings is 2. The van der Waals surface area contributed by atoms with E-state index in [0.717, 1.165) is 44.1 Å². The fourth-order valence-corrected chi connectivity index (χ4v) is 11.3. The third-order valence-corrected chi connectivity index (χ3v) is 16.3. The number of anilines is 1. The van der Waals surface area contributed by atoms with Crippen molar-refractivity contribution in [3.8, 4) is 10.4 Å². The molecule has 6 heterocycles. The maximum atomic E-state index is 14.2. The number of piperidine rings is 1. The molecule has 3 amide bonds. The number of aliphatic hydroxyl groups excluding tert-OH is 1. The Bertz CT molecular complexity index is 2730. The number of ketones is 2. The summed E-state index contributed by atoms with van der Waals surface area (Å²) < 4.78 is 5.79. The summed E-state index contributed by atoms with van der Waals surface area (Å²) in [5.41, 5.74) is 11.8. The highest BCUT2D eigenvalue weighted by molar-refractivity contribution is 7.13. The number of hydrogen-bond acceptors (Lipinski definition) is 14. The molecular weight excluding hydrogens is 980 g/mol. The van der Waals surface area contributed by atoms with Gasteiger partial charge in [-0.3, -0.25) is 28.9 Å². The number of nitrogens with two attached hydrogens (primary N) is 1. The number of aromatic amines is 1. The van der Waals surface area contributed by atoms with Crippen LogP contribution in [0.25, 0.3) is 21.5 Å². The molecule has 19 heteroatoms. The highest BCUT2D eigenvalue weighted by Gasteiger charge is 2.44. The standard InChI is InChI=1S/C55H71ClN10O7S/c1-36-49(74-35-61-36)39-8-5-37(6-9-39)7-14-47(69)46-32-42(68)33-66(46)52(71)44(54(2,3)4)31-41(67)17-29-73-30-18-48(70)64-27-25-63(26-28-64)22-16-45(38-10-12-40(56)13-11-38)62-53(72)55(57)19-23-65(24-20-55)51-43-15-21-58-50(43)59-34-60-51/h5-6,8-13,15,21,34-35,42,44-46,68H,7,14,16-20,22-33,57H2,1-4H3,(H,62,72)(H,58,59,60)/t42-,44-,45+,46+/m1/s1. The van der Waals surface area contributed by atoms with E-state index in [4.69, 9.17) is 22.1 Å². The van der Waals surface area contributed by atoms with Crippen molar-refractivity contribution >= 4 is 69.1 Å². The number of ether oxygens (including phenoxy) is 1. The number of carbonyl (C=O) groups is 5. The molecule has 17 nitrogen and oxygen atoms in total. The van der Waals surface area contributed by atoms with E-state index in [9.17, 15) is 29.1 Å².